The smallest absolute Gasteiger partial charge is 0.247 e. The molecular weight excluding hydrogens is 238 g/mol. The molecular formula is C14H25N5. The Kier molecular flexibility index (Phi) is 4.22. The van der Waals surface area contributed by atoms with Gasteiger partial charge in [-0.15, -0.1) is 5.10 Å². The van der Waals surface area contributed by atoms with Crippen LogP contribution in [0.5, 0.6) is 0 Å². The molecule has 1 aliphatic rings. The predicted octanol–water partition coefficient (Wildman–Crippen LogP) is 2.85. The summed E-state index contributed by atoms with van der Waals surface area (Å²) in [4.78, 5) is 6.93. The summed E-state index contributed by atoms with van der Waals surface area (Å²) in [6, 6.07) is 0.556. The van der Waals surface area contributed by atoms with Crippen LogP contribution in [0.25, 0.3) is 0 Å². The van der Waals surface area contributed by atoms with Crippen molar-refractivity contribution in [1.29, 1.82) is 0 Å². The van der Waals surface area contributed by atoms with Crippen molar-refractivity contribution < 1.29 is 0 Å². The first-order chi connectivity index (χ1) is 8.99. The highest BCUT2D eigenvalue weighted by atomic mass is 15.3. The van der Waals surface area contributed by atoms with Gasteiger partial charge in [-0.2, -0.15) is 10.1 Å². The van der Waals surface area contributed by atoms with Gasteiger partial charge in [0.25, 0.3) is 0 Å². The van der Waals surface area contributed by atoms with E-state index < -0.39 is 0 Å². The lowest BCUT2D eigenvalue weighted by molar-refractivity contribution is 0.441. The van der Waals surface area contributed by atoms with Gasteiger partial charge in [-0.3, -0.25) is 0 Å². The number of nitrogens with zero attached hydrogens (tertiary/aromatic N) is 4. The Hall–Kier alpha value is -1.39. The van der Waals surface area contributed by atoms with Crippen LogP contribution in [0, 0.1) is 0 Å². The summed E-state index contributed by atoms with van der Waals surface area (Å²) in [5.74, 6) is 1.57. The van der Waals surface area contributed by atoms with Gasteiger partial charge in [0, 0.05) is 18.1 Å². The Morgan fingerprint density at radius 3 is 2.84 bits per heavy atom. The molecule has 0 aromatic carbocycles. The van der Waals surface area contributed by atoms with Crippen LogP contribution in [0.4, 0.5) is 11.8 Å². The summed E-state index contributed by atoms with van der Waals surface area (Å²) in [6.07, 6.45) is 6.59. The monoisotopic (exact) mass is 263 g/mol. The maximum atomic E-state index is 4.62. The molecule has 1 aromatic rings. The molecule has 1 N–H and O–H groups in total. The molecule has 1 saturated heterocycles. The van der Waals surface area contributed by atoms with Crippen molar-refractivity contribution in [1.82, 2.24) is 15.2 Å². The van der Waals surface area contributed by atoms with E-state index in [1.165, 1.54) is 19.3 Å². The third-order valence-electron chi connectivity index (χ3n) is 3.41. The molecule has 0 radical (unpaired) electrons. The standard InChI is InChI=1S/C14H25N5/c1-5-11-8-6-7-9-19(11)13-16-12(10-15-18-13)17-14(2,3)4/h10-11H,5-9H2,1-4H3,(H,16,17,18). The maximum absolute atomic E-state index is 4.62. The molecule has 0 saturated carbocycles. The molecule has 0 aliphatic carbocycles. The van der Waals surface area contributed by atoms with Crippen LogP contribution >= 0.6 is 0 Å². The molecule has 1 aromatic heterocycles. The highest BCUT2D eigenvalue weighted by Crippen LogP contribution is 2.24. The first-order valence-electron chi connectivity index (χ1n) is 7.24. The van der Waals surface area contributed by atoms with Crippen LogP contribution in [0.1, 0.15) is 53.4 Å². The zero-order valence-corrected chi connectivity index (χ0v) is 12.5. The maximum Gasteiger partial charge on any atom is 0.247 e. The number of nitrogens with one attached hydrogen (secondary N) is 1. The Bertz CT molecular complexity index is 413. The number of piperidine rings is 1. The van der Waals surface area contributed by atoms with E-state index in [1.54, 1.807) is 6.20 Å². The minimum absolute atomic E-state index is 0.0145. The highest BCUT2D eigenvalue weighted by Gasteiger charge is 2.24. The van der Waals surface area contributed by atoms with Crippen molar-refractivity contribution in [3.8, 4) is 0 Å². The average Bonchev–Trinajstić information content (AvgIpc) is 2.37. The number of hydrogen-bond donors (Lipinski definition) is 1. The van der Waals surface area contributed by atoms with E-state index in [1.807, 2.05) is 0 Å². The van der Waals surface area contributed by atoms with Crippen molar-refractivity contribution in [3.63, 3.8) is 0 Å². The molecule has 0 bridgehead atoms. The number of hydrogen-bond acceptors (Lipinski definition) is 5. The second kappa shape index (κ2) is 5.72. The van der Waals surface area contributed by atoms with Crippen LogP contribution < -0.4 is 10.2 Å². The molecule has 1 fully saturated rings. The fraction of sp³-hybridized carbons (Fsp3) is 0.786. The second-order valence-electron chi connectivity index (χ2n) is 6.27. The van der Waals surface area contributed by atoms with Crippen LogP contribution in [0.2, 0.25) is 0 Å². The van der Waals surface area contributed by atoms with Crippen molar-refractivity contribution in [2.24, 2.45) is 0 Å². The molecule has 1 aliphatic heterocycles. The van der Waals surface area contributed by atoms with E-state index in [2.05, 4.69) is 53.1 Å². The number of rotatable bonds is 3. The van der Waals surface area contributed by atoms with Gasteiger partial charge in [-0.25, -0.2) is 0 Å². The van der Waals surface area contributed by atoms with Gasteiger partial charge in [-0.1, -0.05) is 6.92 Å². The quantitative estimate of drug-likeness (QED) is 0.908. The Balaban J connectivity index is 2.17. The zero-order valence-electron chi connectivity index (χ0n) is 12.5. The zero-order chi connectivity index (χ0) is 13.9. The molecule has 5 nitrogen and oxygen atoms in total. The third kappa shape index (κ3) is 3.78. The van der Waals surface area contributed by atoms with E-state index >= 15 is 0 Å². The van der Waals surface area contributed by atoms with Crippen LogP contribution in [0.15, 0.2) is 6.20 Å². The van der Waals surface area contributed by atoms with E-state index in [-0.39, 0.29) is 5.54 Å². The Morgan fingerprint density at radius 1 is 1.37 bits per heavy atom. The lowest BCUT2D eigenvalue weighted by Crippen LogP contribution is -2.40. The lowest BCUT2D eigenvalue weighted by Gasteiger charge is -2.35. The molecule has 2 heterocycles. The summed E-state index contributed by atoms with van der Waals surface area (Å²) in [5.41, 5.74) is -0.0145. The minimum atomic E-state index is -0.0145. The molecule has 1 atom stereocenters. The van der Waals surface area contributed by atoms with E-state index in [0.717, 1.165) is 24.7 Å². The van der Waals surface area contributed by atoms with Crippen molar-refractivity contribution in [2.75, 3.05) is 16.8 Å². The number of aromatic nitrogens is 3. The van der Waals surface area contributed by atoms with Crippen LogP contribution in [0.3, 0.4) is 0 Å². The minimum Gasteiger partial charge on any atom is -0.364 e. The average molecular weight is 263 g/mol. The van der Waals surface area contributed by atoms with Crippen molar-refractivity contribution >= 4 is 11.8 Å². The van der Waals surface area contributed by atoms with Gasteiger partial charge < -0.3 is 10.2 Å². The summed E-state index contributed by atoms with van der Waals surface area (Å²) >= 11 is 0. The summed E-state index contributed by atoms with van der Waals surface area (Å²) in [6.45, 7) is 9.62. The van der Waals surface area contributed by atoms with E-state index in [9.17, 15) is 0 Å². The van der Waals surface area contributed by atoms with Gasteiger partial charge >= 0.3 is 0 Å². The molecule has 19 heavy (non-hydrogen) atoms. The van der Waals surface area contributed by atoms with Gasteiger partial charge in [0.2, 0.25) is 5.95 Å². The van der Waals surface area contributed by atoms with E-state index in [4.69, 9.17) is 0 Å². The van der Waals surface area contributed by atoms with Crippen molar-refractivity contribution in [3.05, 3.63) is 6.20 Å². The predicted molar refractivity (Wildman–Crippen MR) is 78.5 cm³/mol. The van der Waals surface area contributed by atoms with E-state index in [0.29, 0.717) is 6.04 Å². The summed E-state index contributed by atoms with van der Waals surface area (Å²) in [5, 5.41) is 11.7. The Morgan fingerprint density at radius 2 is 2.16 bits per heavy atom. The first kappa shape index (κ1) is 14.0. The third-order valence-corrected chi connectivity index (χ3v) is 3.41. The van der Waals surface area contributed by atoms with Crippen molar-refractivity contribution in [2.45, 2.75) is 65.0 Å². The first-order valence-corrected chi connectivity index (χ1v) is 7.24. The normalized spacial score (nSPS) is 20.4. The van der Waals surface area contributed by atoms with Gasteiger partial charge in [0.1, 0.15) is 0 Å². The molecule has 1 unspecified atom stereocenters. The SMILES string of the molecule is CCC1CCCCN1c1nncc(NC(C)(C)C)n1. The molecule has 0 spiro atoms. The lowest BCUT2D eigenvalue weighted by atomic mass is 10.0. The van der Waals surface area contributed by atoms with Gasteiger partial charge in [0.05, 0.1) is 6.20 Å². The topological polar surface area (TPSA) is 53.9 Å². The fourth-order valence-electron chi connectivity index (χ4n) is 2.55. The molecule has 5 heteroatoms. The molecule has 0 amide bonds. The summed E-state index contributed by atoms with van der Waals surface area (Å²) in [7, 11) is 0. The summed E-state index contributed by atoms with van der Waals surface area (Å²) < 4.78 is 0. The largest absolute Gasteiger partial charge is 0.364 e. The highest BCUT2D eigenvalue weighted by molar-refractivity contribution is 5.41. The van der Waals surface area contributed by atoms with Crippen LogP contribution in [-0.4, -0.2) is 33.3 Å². The molecule has 2 rings (SSSR count). The second-order valence-corrected chi connectivity index (χ2v) is 6.27. The Labute approximate surface area is 115 Å². The van der Waals surface area contributed by atoms with Gasteiger partial charge in [0.15, 0.2) is 5.82 Å². The van der Waals surface area contributed by atoms with Gasteiger partial charge in [-0.05, 0) is 46.5 Å². The molecule has 106 valence electrons. The van der Waals surface area contributed by atoms with Crippen LogP contribution in [-0.2, 0) is 0 Å². The number of anilines is 2. The fourth-order valence-corrected chi connectivity index (χ4v) is 2.55.